The summed E-state index contributed by atoms with van der Waals surface area (Å²) in [5, 5.41) is 2.64. The maximum atomic E-state index is 13.7. The first kappa shape index (κ1) is 34.0. The third-order valence-electron chi connectivity index (χ3n) is 8.17. The first-order valence-corrected chi connectivity index (χ1v) is 14.6. The van der Waals surface area contributed by atoms with Crippen molar-refractivity contribution >= 4 is 23.6 Å². The van der Waals surface area contributed by atoms with Crippen molar-refractivity contribution in [2.45, 2.75) is 71.4 Å². The van der Waals surface area contributed by atoms with Gasteiger partial charge in [-0.15, -0.1) is 0 Å². The van der Waals surface area contributed by atoms with Crippen molar-refractivity contribution in [2.24, 2.45) is 17.6 Å². The molecule has 236 valence electrons. The van der Waals surface area contributed by atoms with Crippen molar-refractivity contribution in [1.29, 1.82) is 0 Å². The van der Waals surface area contributed by atoms with Crippen molar-refractivity contribution in [3.63, 3.8) is 0 Å². The second-order valence-corrected chi connectivity index (χ2v) is 11.5. The Morgan fingerprint density at radius 1 is 1.05 bits per heavy atom. The molecular formula is C32H45N3O8. The summed E-state index contributed by atoms with van der Waals surface area (Å²) in [5.74, 6) is -1.44. The normalized spacial score (nSPS) is 33.0. The third kappa shape index (κ3) is 8.31. The highest BCUT2D eigenvalue weighted by Crippen LogP contribution is 2.32. The monoisotopic (exact) mass is 599 g/mol. The molecular weight excluding hydrogens is 554 g/mol. The smallest absolute Gasteiger partial charge is 0.405 e. The van der Waals surface area contributed by atoms with Crippen molar-refractivity contribution in [1.82, 2.24) is 10.2 Å². The van der Waals surface area contributed by atoms with Crippen LogP contribution in [-0.4, -0.2) is 87.3 Å². The number of carbonyl (C=O) groups is 4. The number of nitrogens with zero attached hydrogens (tertiary/aromatic N) is 1. The van der Waals surface area contributed by atoms with Crippen LogP contribution in [0.4, 0.5) is 4.79 Å². The summed E-state index contributed by atoms with van der Waals surface area (Å²) < 4.78 is 22.9. The second kappa shape index (κ2) is 15.3. The number of primary amides is 1. The molecule has 0 spiro atoms. The van der Waals surface area contributed by atoms with Crippen LogP contribution in [0.2, 0.25) is 0 Å². The molecule has 3 aliphatic rings. The Labute approximate surface area is 253 Å². The molecule has 3 rings (SSSR count). The molecule has 11 heteroatoms. The summed E-state index contributed by atoms with van der Waals surface area (Å²) in [6, 6.07) is 0. The van der Waals surface area contributed by atoms with E-state index in [1.165, 1.54) is 13.2 Å². The molecule has 0 aromatic rings. The largest absolute Gasteiger partial charge is 0.439 e. The zero-order valence-electron chi connectivity index (χ0n) is 26.2. The predicted molar refractivity (Wildman–Crippen MR) is 161 cm³/mol. The van der Waals surface area contributed by atoms with Crippen molar-refractivity contribution in [3.8, 4) is 0 Å². The number of ketones is 2. The van der Waals surface area contributed by atoms with Gasteiger partial charge in [0.1, 0.15) is 6.10 Å². The molecule has 0 aromatic carbocycles. The van der Waals surface area contributed by atoms with Crippen LogP contribution in [0.5, 0.6) is 0 Å². The SMILES string of the molecule is COC1/C=C\C=C(/C)C(=O)NC2=CC(=O)C(N3CCC3)=C(C[C@@H](C)C[C@H](OC)[C@H](OC)[C@@H](C)/C=C(\C)[C@@H]1OC(N)=O)C2=O. The number of likely N-dealkylation sites (tertiary alicyclic amines) is 1. The van der Waals surface area contributed by atoms with E-state index in [1.54, 1.807) is 39.4 Å². The Hall–Kier alpha value is -3.54. The molecule has 6 atom stereocenters. The van der Waals surface area contributed by atoms with E-state index >= 15 is 0 Å². The summed E-state index contributed by atoms with van der Waals surface area (Å²) >= 11 is 0. The van der Waals surface area contributed by atoms with Gasteiger partial charge in [0.05, 0.1) is 23.6 Å². The minimum Gasteiger partial charge on any atom is -0.439 e. The summed E-state index contributed by atoms with van der Waals surface area (Å²) in [6.45, 7) is 8.79. The maximum absolute atomic E-state index is 13.7. The Morgan fingerprint density at radius 2 is 1.74 bits per heavy atom. The Balaban J connectivity index is 2.09. The quantitative estimate of drug-likeness (QED) is 0.359. The van der Waals surface area contributed by atoms with Gasteiger partial charge in [-0.05, 0) is 44.6 Å². The molecule has 2 bridgehead atoms. The molecule has 0 aromatic heterocycles. The number of hydrogen-bond donors (Lipinski definition) is 2. The van der Waals surface area contributed by atoms with Crippen LogP contribution in [-0.2, 0) is 33.3 Å². The highest BCUT2D eigenvalue weighted by molar-refractivity contribution is 6.23. The Morgan fingerprint density at radius 3 is 2.30 bits per heavy atom. The van der Waals surface area contributed by atoms with Gasteiger partial charge >= 0.3 is 6.09 Å². The average Bonchev–Trinajstić information content (AvgIpc) is 2.92. The van der Waals surface area contributed by atoms with E-state index in [-0.39, 0.29) is 46.9 Å². The Kier molecular flexibility index (Phi) is 12.1. The van der Waals surface area contributed by atoms with Gasteiger partial charge in [-0.25, -0.2) is 4.79 Å². The second-order valence-electron chi connectivity index (χ2n) is 11.5. The summed E-state index contributed by atoms with van der Waals surface area (Å²) in [7, 11) is 4.69. The van der Waals surface area contributed by atoms with E-state index < -0.39 is 24.2 Å². The highest BCUT2D eigenvalue weighted by atomic mass is 16.6. The fourth-order valence-corrected chi connectivity index (χ4v) is 5.81. The van der Waals surface area contributed by atoms with Crippen LogP contribution in [0.15, 0.2) is 58.5 Å². The predicted octanol–water partition coefficient (Wildman–Crippen LogP) is 3.12. The molecule has 3 N–H and O–H groups in total. The van der Waals surface area contributed by atoms with Crippen molar-refractivity contribution < 1.29 is 38.1 Å². The fourth-order valence-electron chi connectivity index (χ4n) is 5.81. The number of ether oxygens (including phenoxy) is 4. The van der Waals surface area contributed by atoms with Gasteiger partial charge in [-0.2, -0.15) is 0 Å². The molecule has 2 heterocycles. The van der Waals surface area contributed by atoms with E-state index in [9.17, 15) is 19.2 Å². The number of carbonyl (C=O) groups excluding carboxylic acids is 4. The molecule has 0 saturated carbocycles. The topological polar surface area (TPSA) is 146 Å². The number of Topliss-reactive ketones (excluding diaryl/α,β-unsaturated/α-hetero) is 1. The van der Waals surface area contributed by atoms with Gasteiger partial charge in [-0.3, -0.25) is 14.4 Å². The fraction of sp³-hybridized carbons (Fsp3) is 0.562. The van der Waals surface area contributed by atoms with E-state index in [0.717, 1.165) is 6.42 Å². The number of allylic oxidation sites excluding steroid dienone is 4. The number of fused-ring (bicyclic) bond motifs is 2. The Bertz CT molecular complexity index is 1240. The minimum atomic E-state index is -0.956. The van der Waals surface area contributed by atoms with Crippen LogP contribution in [0, 0.1) is 11.8 Å². The molecule has 0 radical (unpaired) electrons. The van der Waals surface area contributed by atoms with Gasteiger partial charge in [0.2, 0.25) is 11.6 Å². The molecule has 11 nitrogen and oxygen atoms in total. The van der Waals surface area contributed by atoms with Crippen LogP contribution in [0.3, 0.4) is 0 Å². The van der Waals surface area contributed by atoms with E-state index in [2.05, 4.69) is 5.32 Å². The van der Waals surface area contributed by atoms with Gasteiger partial charge in [0.25, 0.3) is 5.91 Å². The van der Waals surface area contributed by atoms with E-state index in [0.29, 0.717) is 42.8 Å². The van der Waals surface area contributed by atoms with Gasteiger partial charge in [0.15, 0.2) is 6.10 Å². The molecule has 1 unspecified atom stereocenters. The molecule has 2 aliphatic heterocycles. The zero-order valence-corrected chi connectivity index (χ0v) is 26.2. The van der Waals surface area contributed by atoms with Crippen LogP contribution >= 0.6 is 0 Å². The number of nitrogens with two attached hydrogens (primary N) is 1. The highest BCUT2D eigenvalue weighted by Gasteiger charge is 2.36. The van der Waals surface area contributed by atoms with Crippen LogP contribution in [0.25, 0.3) is 0 Å². The molecule has 1 aliphatic carbocycles. The first-order valence-electron chi connectivity index (χ1n) is 14.6. The van der Waals surface area contributed by atoms with Gasteiger partial charge in [0, 0.05) is 57.6 Å². The standard InChI is InChI=1S/C32H45N3O8/c1-18-14-22-27(35-12-9-13-35)24(36)17-23(28(22)37)34-31(38)19(2)10-8-11-25(40-5)30(43-32(33)39)21(4)16-20(3)29(42-7)26(15-18)41-6/h8,10-11,16-18,20,25-26,29-30H,9,12-15H2,1-7H3,(H2,33,39)(H,34,38)/b11-8-,19-10+,21-16+/t18-,20+,25?,26+,29-,30+/m1/s1. The molecule has 43 heavy (non-hydrogen) atoms. The molecule has 1 saturated heterocycles. The first-order chi connectivity index (χ1) is 20.4. The lowest BCUT2D eigenvalue weighted by Crippen LogP contribution is -2.43. The summed E-state index contributed by atoms with van der Waals surface area (Å²) in [6.07, 6.45) is 6.46. The lowest BCUT2D eigenvalue weighted by molar-refractivity contribution is -0.120. The number of amides is 2. The number of rotatable bonds is 5. The molecule has 1 fully saturated rings. The number of methoxy groups -OCH3 is 3. The lowest BCUT2D eigenvalue weighted by Gasteiger charge is -2.37. The minimum absolute atomic E-state index is 0.0488. The maximum Gasteiger partial charge on any atom is 0.405 e. The number of nitrogens with one attached hydrogen (secondary N) is 1. The van der Waals surface area contributed by atoms with Crippen LogP contribution < -0.4 is 11.1 Å². The van der Waals surface area contributed by atoms with E-state index in [1.807, 2.05) is 31.7 Å². The van der Waals surface area contributed by atoms with Crippen LogP contribution in [0.1, 0.15) is 47.0 Å². The third-order valence-corrected chi connectivity index (χ3v) is 8.17. The van der Waals surface area contributed by atoms with Crippen molar-refractivity contribution in [2.75, 3.05) is 34.4 Å². The lowest BCUT2D eigenvalue weighted by atomic mass is 9.84. The summed E-state index contributed by atoms with van der Waals surface area (Å²) in [5.41, 5.74) is 7.15. The molecule has 2 amide bonds. The number of hydrogen-bond acceptors (Lipinski definition) is 9. The van der Waals surface area contributed by atoms with E-state index in [4.69, 9.17) is 24.7 Å². The van der Waals surface area contributed by atoms with Gasteiger partial charge < -0.3 is 34.9 Å². The zero-order chi connectivity index (χ0) is 31.8. The average molecular weight is 600 g/mol. The van der Waals surface area contributed by atoms with Crippen molar-refractivity contribution in [3.05, 3.63) is 58.5 Å². The van der Waals surface area contributed by atoms with Gasteiger partial charge in [-0.1, -0.05) is 38.2 Å². The summed E-state index contributed by atoms with van der Waals surface area (Å²) in [4.78, 5) is 53.8.